The third-order valence-corrected chi connectivity index (χ3v) is 3.69. The van der Waals surface area contributed by atoms with E-state index in [1.54, 1.807) is 6.20 Å². The molecule has 1 heterocycles. The van der Waals surface area contributed by atoms with Gasteiger partial charge in [-0.15, -0.1) is 0 Å². The zero-order chi connectivity index (χ0) is 15.0. The van der Waals surface area contributed by atoms with Gasteiger partial charge in [-0.3, -0.25) is 14.9 Å². The normalized spacial score (nSPS) is 14.0. The van der Waals surface area contributed by atoms with Gasteiger partial charge in [0, 0.05) is 37.0 Å². The maximum atomic E-state index is 13.6. The number of hydrogen-bond acceptors (Lipinski definition) is 3. The van der Waals surface area contributed by atoms with E-state index in [0.29, 0.717) is 18.5 Å². The van der Waals surface area contributed by atoms with E-state index in [9.17, 15) is 19.3 Å². The molecule has 0 aliphatic heterocycles. The second kappa shape index (κ2) is 5.12. The van der Waals surface area contributed by atoms with Crippen molar-refractivity contribution in [2.45, 2.75) is 25.8 Å². The minimum atomic E-state index is -0.842. The number of halogens is 1. The highest BCUT2D eigenvalue weighted by Gasteiger charge is 2.19. The quantitative estimate of drug-likeness (QED) is 0.644. The Balaban J connectivity index is 1.86. The molecule has 108 valence electrons. The Bertz CT molecular complexity index is 737. The van der Waals surface area contributed by atoms with Crippen LogP contribution in [0.15, 0.2) is 30.6 Å². The molecule has 0 unspecified atom stereocenters. The molecule has 1 aliphatic carbocycles. The molecule has 6 heteroatoms. The van der Waals surface area contributed by atoms with Crippen molar-refractivity contribution in [1.29, 1.82) is 0 Å². The van der Waals surface area contributed by atoms with Gasteiger partial charge >= 0.3 is 5.69 Å². The van der Waals surface area contributed by atoms with E-state index in [1.807, 2.05) is 10.8 Å². The van der Waals surface area contributed by atoms with Gasteiger partial charge in [-0.25, -0.2) is 0 Å². The summed E-state index contributed by atoms with van der Waals surface area (Å²) in [7, 11) is 0. The summed E-state index contributed by atoms with van der Waals surface area (Å²) < 4.78 is 15.4. The Morgan fingerprint density at radius 3 is 2.76 bits per heavy atom. The van der Waals surface area contributed by atoms with E-state index in [1.165, 1.54) is 18.2 Å². The molecule has 0 radical (unpaired) electrons. The molecule has 0 bridgehead atoms. The van der Waals surface area contributed by atoms with Crippen LogP contribution in [-0.4, -0.2) is 15.3 Å². The molecule has 1 aliphatic rings. The fraction of sp³-hybridized carbons (Fsp3) is 0.267. The summed E-state index contributed by atoms with van der Waals surface area (Å²) in [6.07, 6.45) is 5.98. The molecule has 2 aromatic rings. The Morgan fingerprint density at radius 1 is 1.29 bits per heavy atom. The number of fused-ring (bicyclic) bond motifs is 1. The fourth-order valence-corrected chi connectivity index (χ4v) is 2.68. The van der Waals surface area contributed by atoms with Crippen molar-refractivity contribution >= 4 is 11.5 Å². The minimum absolute atomic E-state index is 0.143. The molecule has 0 spiro atoms. The van der Waals surface area contributed by atoms with E-state index in [0.717, 1.165) is 24.0 Å². The summed E-state index contributed by atoms with van der Waals surface area (Å²) in [5, 5.41) is 10.6. The smallest absolute Gasteiger partial charge is 0.304 e. The summed E-state index contributed by atoms with van der Waals surface area (Å²) in [6, 6.07) is 3.86. The number of aryl methyl sites for hydroxylation is 1. The molecule has 1 aromatic carbocycles. The second-order valence-electron chi connectivity index (χ2n) is 5.19. The zero-order valence-corrected chi connectivity index (χ0v) is 11.2. The van der Waals surface area contributed by atoms with E-state index >= 15 is 0 Å². The number of Topliss-reactive ketones (excluding diaryl/α,β-unsaturated/α-hetero) is 1. The van der Waals surface area contributed by atoms with Crippen molar-refractivity contribution < 1.29 is 14.1 Å². The lowest BCUT2D eigenvalue weighted by molar-refractivity contribution is -0.387. The maximum Gasteiger partial charge on any atom is 0.304 e. The number of nitro groups is 1. The molecular weight excluding hydrogens is 275 g/mol. The van der Waals surface area contributed by atoms with Gasteiger partial charge < -0.3 is 4.57 Å². The predicted octanol–water partition coefficient (Wildman–Crippen LogP) is 3.10. The highest BCUT2D eigenvalue weighted by Crippen LogP contribution is 2.23. The largest absolute Gasteiger partial charge is 0.349 e. The van der Waals surface area contributed by atoms with Crippen molar-refractivity contribution in [2.24, 2.45) is 0 Å². The SMILES string of the molecule is O=C1CCCc2cn(Cc3ccc([N+](=O)[O-])c(F)c3)cc21. The van der Waals surface area contributed by atoms with Crippen molar-refractivity contribution in [1.82, 2.24) is 4.57 Å². The van der Waals surface area contributed by atoms with Crippen molar-refractivity contribution in [3.05, 3.63) is 63.2 Å². The van der Waals surface area contributed by atoms with Crippen LogP contribution in [0.2, 0.25) is 0 Å². The minimum Gasteiger partial charge on any atom is -0.349 e. The average molecular weight is 288 g/mol. The average Bonchev–Trinajstić information content (AvgIpc) is 2.82. The number of nitrogens with zero attached hydrogens (tertiary/aromatic N) is 2. The van der Waals surface area contributed by atoms with Crippen LogP contribution < -0.4 is 0 Å². The molecule has 3 rings (SSSR count). The van der Waals surface area contributed by atoms with Crippen LogP contribution in [0.1, 0.15) is 34.3 Å². The third-order valence-electron chi connectivity index (χ3n) is 3.69. The van der Waals surface area contributed by atoms with Gasteiger partial charge in [0.25, 0.3) is 0 Å². The number of benzene rings is 1. The zero-order valence-electron chi connectivity index (χ0n) is 11.2. The first-order valence-corrected chi connectivity index (χ1v) is 6.69. The maximum absolute atomic E-state index is 13.6. The van der Waals surface area contributed by atoms with Crippen molar-refractivity contribution in [3.8, 4) is 0 Å². The molecular formula is C15H13FN2O3. The van der Waals surface area contributed by atoms with Gasteiger partial charge in [0.2, 0.25) is 5.82 Å². The Morgan fingerprint density at radius 2 is 2.10 bits per heavy atom. The highest BCUT2D eigenvalue weighted by molar-refractivity contribution is 5.98. The fourth-order valence-electron chi connectivity index (χ4n) is 2.68. The first-order valence-electron chi connectivity index (χ1n) is 6.69. The van der Waals surface area contributed by atoms with Gasteiger partial charge in [-0.05, 0) is 30.0 Å². The van der Waals surface area contributed by atoms with Crippen LogP contribution in [0.3, 0.4) is 0 Å². The Hall–Kier alpha value is -2.50. The monoisotopic (exact) mass is 288 g/mol. The molecule has 21 heavy (non-hydrogen) atoms. The topological polar surface area (TPSA) is 65.1 Å². The number of hydrogen-bond donors (Lipinski definition) is 0. The molecule has 0 atom stereocenters. The van der Waals surface area contributed by atoms with Gasteiger partial charge in [-0.1, -0.05) is 6.07 Å². The van der Waals surface area contributed by atoms with Gasteiger partial charge in [-0.2, -0.15) is 4.39 Å². The molecule has 0 fully saturated rings. The molecule has 0 saturated heterocycles. The first kappa shape index (κ1) is 13.5. The first-order chi connectivity index (χ1) is 10.0. The lowest BCUT2D eigenvalue weighted by atomic mass is 9.95. The number of rotatable bonds is 3. The highest BCUT2D eigenvalue weighted by atomic mass is 19.1. The van der Waals surface area contributed by atoms with Crippen LogP contribution in [0, 0.1) is 15.9 Å². The molecule has 0 saturated carbocycles. The molecule has 0 N–H and O–H groups in total. The van der Waals surface area contributed by atoms with Crippen molar-refractivity contribution in [2.75, 3.05) is 0 Å². The van der Waals surface area contributed by atoms with Crippen LogP contribution in [0.4, 0.5) is 10.1 Å². The Kier molecular flexibility index (Phi) is 3.29. The summed E-state index contributed by atoms with van der Waals surface area (Å²) in [6.45, 7) is 0.384. The second-order valence-corrected chi connectivity index (χ2v) is 5.19. The summed E-state index contributed by atoms with van der Waals surface area (Å²) >= 11 is 0. The number of nitro benzene ring substituents is 1. The van der Waals surface area contributed by atoms with Crippen LogP contribution in [-0.2, 0) is 13.0 Å². The molecule has 5 nitrogen and oxygen atoms in total. The molecule has 1 aromatic heterocycles. The van der Waals surface area contributed by atoms with E-state index in [2.05, 4.69) is 0 Å². The number of aromatic nitrogens is 1. The number of ketones is 1. The summed E-state index contributed by atoms with van der Waals surface area (Å²) in [5.41, 5.74) is 1.86. The predicted molar refractivity (Wildman–Crippen MR) is 73.9 cm³/mol. The number of carbonyl (C=O) groups is 1. The van der Waals surface area contributed by atoms with Crippen LogP contribution in [0.25, 0.3) is 0 Å². The van der Waals surface area contributed by atoms with Gasteiger partial charge in [0.1, 0.15) is 0 Å². The molecule has 0 amide bonds. The van der Waals surface area contributed by atoms with E-state index in [4.69, 9.17) is 0 Å². The summed E-state index contributed by atoms with van der Waals surface area (Å²) in [4.78, 5) is 21.6. The van der Waals surface area contributed by atoms with E-state index in [-0.39, 0.29) is 5.78 Å². The lowest BCUT2D eigenvalue weighted by Crippen LogP contribution is -2.07. The third kappa shape index (κ3) is 2.56. The Labute approximate surface area is 120 Å². The van der Waals surface area contributed by atoms with Crippen LogP contribution in [0.5, 0.6) is 0 Å². The summed E-state index contributed by atoms with van der Waals surface area (Å²) in [5.74, 6) is -0.699. The van der Waals surface area contributed by atoms with Crippen LogP contribution >= 0.6 is 0 Å². The van der Waals surface area contributed by atoms with Gasteiger partial charge in [0.15, 0.2) is 5.78 Å². The van der Waals surface area contributed by atoms with Crippen molar-refractivity contribution in [3.63, 3.8) is 0 Å². The standard InChI is InChI=1S/C15H13FN2O3/c16-13-6-10(4-5-14(13)18(20)21)7-17-8-11-2-1-3-15(19)12(11)9-17/h4-6,8-9H,1-3,7H2. The number of carbonyl (C=O) groups excluding carboxylic acids is 1. The lowest BCUT2D eigenvalue weighted by Gasteiger charge is -2.07. The van der Waals surface area contributed by atoms with Gasteiger partial charge in [0.05, 0.1) is 4.92 Å². The van der Waals surface area contributed by atoms with E-state index < -0.39 is 16.4 Å².